The first-order valence-electron chi connectivity index (χ1n) is 6.61. The molecule has 2 aromatic rings. The van der Waals surface area contributed by atoms with E-state index in [9.17, 15) is 38.2 Å². The van der Waals surface area contributed by atoms with Gasteiger partial charge in [-0.1, -0.05) is 17.7 Å². The van der Waals surface area contributed by atoms with Crippen molar-refractivity contribution in [2.24, 2.45) is 0 Å². The summed E-state index contributed by atoms with van der Waals surface area (Å²) in [5.74, 6) is -1.14. The van der Waals surface area contributed by atoms with Gasteiger partial charge in [-0.25, -0.2) is 0 Å². The van der Waals surface area contributed by atoms with Gasteiger partial charge in [0.1, 0.15) is 5.02 Å². The van der Waals surface area contributed by atoms with Crippen LogP contribution in [-0.4, -0.2) is 15.8 Å². The molecule has 8 nitrogen and oxygen atoms in total. The van der Waals surface area contributed by atoms with E-state index in [-0.39, 0.29) is 5.69 Å². The normalized spacial score (nSPS) is 11.1. The van der Waals surface area contributed by atoms with Crippen LogP contribution in [0.4, 0.5) is 30.2 Å². The smallest absolute Gasteiger partial charge is 0.322 e. The lowest BCUT2D eigenvalue weighted by molar-refractivity contribution is -0.394. The average Bonchev–Trinajstić information content (AvgIpc) is 2.53. The fourth-order valence-corrected chi connectivity index (χ4v) is 2.23. The Balaban J connectivity index is 2.44. The predicted molar refractivity (Wildman–Crippen MR) is 84.2 cm³/mol. The number of rotatable bonds is 4. The number of nitrogens with zero attached hydrogens (tertiary/aromatic N) is 2. The summed E-state index contributed by atoms with van der Waals surface area (Å²) in [6.07, 6.45) is -4.65. The number of nitro groups is 2. The van der Waals surface area contributed by atoms with Crippen molar-refractivity contribution in [3.05, 3.63) is 72.8 Å². The van der Waals surface area contributed by atoms with Crippen LogP contribution in [0, 0.1) is 20.2 Å². The molecule has 0 saturated heterocycles. The molecule has 2 aromatic carbocycles. The topological polar surface area (TPSA) is 115 Å². The van der Waals surface area contributed by atoms with Crippen LogP contribution in [0.1, 0.15) is 15.9 Å². The van der Waals surface area contributed by atoms with Gasteiger partial charge in [0, 0.05) is 11.8 Å². The van der Waals surface area contributed by atoms with Gasteiger partial charge in [-0.15, -0.1) is 0 Å². The first-order valence-corrected chi connectivity index (χ1v) is 6.99. The van der Waals surface area contributed by atoms with Crippen molar-refractivity contribution in [1.82, 2.24) is 0 Å². The summed E-state index contributed by atoms with van der Waals surface area (Å²) in [4.78, 5) is 32.0. The van der Waals surface area contributed by atoms with Crippen LogP contribution in [0.2, 0.25) is 5.02 Å². The highest BCUT2D eigenvalue weighted by molar-refractivity contribution is 6.36. The van der Waals surface area contributed by atoms with Crippen LogP contribution >= 0.6 is 11.6 Å². The lowest BCUT2D eigenvalue weighted by atomic mass is 10.1. The molecule has 12 heteroatoms. The first kappa shape index (κ1) is 19.1. The van der Waals surface area contributed by atoms with Gasteiger partial charge >= 0.3 is 6.18 Å². The van der Waals surface area contributed by atoms with Crippen molar-refractivity contribution in [3.8, 4) is 0 Å². The van der Waals surface area contributed by atoms with E-state index in [1.807, 2.05) is 0 Å². The number of nitro benzene ring substituents is 2. The molecular weight excluding hydrogens is 383 g/mol. The second kappa shape index (κ2) is 6.96. The van der Waals surface area contributed by atoms with Crippen molar-refractivity contribution < 1.29 is 27.8 Å². The van der Waals surface area contributed by atoms with E-state index in [2.05, 4.69) is 5.32 Å². The van der Waals surface area contributed by atoms with E-state index < -0.39 is 49.5 Å². The minimum atomic E-state index is -4.65. The van der Waals surface area contributed by atoms with Crippen LogP contribution in [0.3, 0.4) is 0 Å². The van der Waals surface area contributed by atoms with E-state index in [1.165, 1.54) is 0 Å². The number of halogens is 4. The SMILES string of the molecule is O=C(Nc1cccc(C(F)(F)F)c1)c1cc([N+](=O)[O-])cc([N+](=O)[O-])c1Cl. The van der Waals surface area contributed by atoms with E-state index in [1.54, 1.807) is 0 Å². The van der Waals surface area contributed by atoms with Crippen molar-refractivity contribution in [2.75, 3.05) is 5.32 Å². The Hall–Kier alpha value is -3.21. The van der Waals surface area contributed by atoms with Gasteiger partial charge in [0.05, 0.1) is 27.0 Å². The Bertz CT molecular complexity index is 917. The summed E-state index contributed by atoms with van der Waals surface area (Å²) in [6.45, 7) is 0. The lowest BCUT2D eigenvalue weighted by Gasteiger charge is -2.10. The Labute approximate surface area is 147 Å². The van der Waals surface area contributed by atoms with Gasteiger partial charge in [0.2, 0.25) is 0 Å². The number of hydrogen-bond acceptors (Lipinski definition) is 5. The average molecular weight is 390 g/mol. The summed E-state index contributed by atoms with van der Waals surface area (Å²) in [6, 6.07) is 4.86. The maximum atomic E-state index is 12.7. The van der Waals surface area contributed by atoms with Gasteiger partial charge in [0.15, 0.2) is 0 Å². The van der Waals surface area contributed by atoms with Crippen molar-refractivity contribution in [1.29, 1.82) is 0 Å². The van der Waals surface area contributed by atoms with Crippen molar-refractivity contribution >= 4 is 34.6 Å². The Morgan fingerprint density at radius 1 is 1.08 bits per heavy atom. The van der Waals surface area contributed by atoms with Gasteiger partial charge < -0.3 is 5.32 Å². The van der Waals surface area contributed by atoms with Gasteiger partial charge in [-0.3, -0.25) is 25.0 Å². The molecule has 0 atom stereocenters. The molecule has 1 N–H and O–H groups in total. The number of hydrogen-bond donors (Lipinski definition) is 1. The van der Waals surface area contributed by atoms with Crippen LogP contribution < -0.4 is 5.32 Å². The van der Waals surface area contributed by atoms with E-state index in [0.717, 1.165) is 18.2 Å². The molecular formula is C14H7ClF3N3O5. The molecule has 0 unspecified atom stereocenters. The van der Waals surface area contributed by atoms with Crippen molar-refractivity contribution in [2.45, 2.75) is 6.18 Å². The molecule has 2 rings (SSSR count). The highest BCUT2D eigenvalue weighted by Crippen LogP contribution is 2.34. The number of alkyl halides is 3. The maximum absolute atomic E-state index is 12.7. The van der Waals surface area contributed by atoms with Crippen LogP contribution in [0.25, 0.3) is 0 Å². The fraction of sp³-hybridized carbons (Fsp3) is 0.0714. The summed E-state index contributed by atoms with van der Waals surface area (Å²) in [5.41, 5.74) is -3.57. The molecule has 1 amide bonds. The fourth-order valence-electron chi connectivity index (χ4n) is 1.97. The first-order chi connectivity index (χ1) is 12.0. The van der Waals surface area contributed by atoms with Gasteiger partial charge in [-0.2, -0.15) is 13.2 Å². The molecule has 0 bridgehead atoms. The zero-order chi connectivity index (χ0) is 19.6. The maximum Gasteiger partial charge on any atom is 0.416 e. The number of carbonyl (C=O) groups is 1. The molecule has 136 valence electrons. The molecule has 26 heavy (non-hydrogen) atoms. The van der Waals surface area contributed by atoms with Crippen LogP contribution in [0.5, 0.6) is 0 Å². The number of carbonyl (C=O) groups excluding carboxylic acids is 1. The minimum absolute atomic E-state index is 0.268. The molecule has 0 saturated carbocycles. The molecule has 0 aliphatic rings. The molecule has 0 aromatic heterocycles. The molecule has 0 aliphatic heterocycles. The number of benzene rings is 2. The summed E-state index contributed by atoms with van der Waals surface area (Å²) in [7, 11) is 0. The standard InChI is InChI=1S/C14H7ClF3N3O5/c15-12-10(5-9(20(23)24)6-11(12)21(25)26)13(22)19-8-3-1-2-7(4-8)14(16,17)18/h1-6H,(H,19,22). The second-order valence-electron chi connectivity index (χ2n) is 4.87. The third kappa shape index (κ3) is 4.06. The van der Waals surface area contributed by atoms with Gasteiger partial charge in [-0.05, 0) is 18.2 Å². The molecule has 0 heterocycles. The third-order valence-electron chi connectivity index (χ3n) is 3.14. The summed E-state index contributed by atoms with van der Waals surface area (Å²) in [5, 5.41) is 23.2. The molecule has 0 fully saturated rings. The summed E-state index contributed by atoms with van der Waals surface area (Å²) >= 11 is 5.74. The number of anilines is 1. The molecule has 0 aliphatic carbocycles. The quantitative estimate of drug-likeness (QED) is 0.613. The van der Waals surface area contributed by atoms with E-state index >= 15 is 0 Å². The lowest BCUT2D eigenvalue weighted by Crippen LogP contribution is -2.14. The Morgan fingerprint density at radius 2 is 1.73 bits per heavy atom. The molecule has 0 radical (unpaired) electrons. The number of nitrogens with one attached hydrogen (secondary N) is 1. The monoisotopic (exact) mass is 389 g/mol. The Morgan fingerprint density at radius 3 is 2.27 bits per heavy atom. The van der Waals surface area contributed by atoms with Crippen LogP contribution in [-0.2, 0) is 6.18 Å². The highest BCUT2D eigenvalue weighted by atomic mass is 35.5. The second-order valence-corrected chi connectivity index (χ2v) is 5.25. The largest absolute Gasteiger partial charge is 0.416 e. The number of amides is 1. The third-order valence-corrected chi connectivity index (χ3v) is 3.54. The summed E-state index contributed by atoms with van der Waals surface area (Å²) < 4.78 is 38.1. The number of non-ortho nitro benzene ring substituents is 1. The molecule has 0 spiro atoms. The minimum Gasteiger partial charge on any atom is -0.322 e. The van der Waals surface area contributed by atoms with Crippen molar-refractivity contribution in [3.63, 3.8) is 0 Å². The zero-order valence-corrected chi connectivity index (χ0v) is 13.2. The van der Waals surface area contributed by atoms with Crippen LogP contribution in [0.15, 0.2) is 36.4 Å². The Kier molecular flexibility index (Phi) is 5.12. The highest BCUT2D eigenvalue weighted by Gasteiger charge is 2.31. The van der Waals surface area contributed by atoms with E-state index in [4.69, 9.17) is 11.6 Å². The zero-order valence-electron chi connectivity index (χ0n) is 12.4. The van der Waals surface area contributed by atoms with Gasteiger partial charge in [0.25, 0.3) is 17.3 Å². The predicted octanol–water partition coefficient (Wildman–Crippen LogP) is 4.43. The van der Waals surface area contributed by atoms with E-state index in [0.29, 0.717) is 18.2 Å².